The fraction of sp³-hybridized carbons (Fsp3) is 0.353. The van der Waals surface area contributed by atoms with E-state index in [2.05, 4.69) is 76.5 Å². The Hall–Kier alpha value is -1.19. The number of hydrogen-bond donors (Lipinski definition) is 1. The van der Waals surface area contributed by atoms with E-state index < -0.39 is 0 Å². The van der Waals surface area contributed by atoms with E-state index in [4.69, 9.17) is 0 Å². The summed E-state index contributed by atoms with van der Waals surface area (Å²) in [5.41, 5.74) is 3.83. The summed E-state index contributed by atoms with van der Waals surface area (Å²) >= 11 is 3.43. The Balaban J connectivity index is 2.16. The van der Waals surface area contributed by atoms with Crippen molar-refractivity contribution in [3.63, 3.8) is 0 Å². The van der Waals surface area contributed by atoms with Gasteiger partial charge in [-0.05, 0) is 53.5 Å². The van der Waals surface area contributed by atoms with Crippen molar-refractivity contribution < 1.29 is 0 Å². The molecule has 1 atom stereocenters. The van der Waals surface area contributed by atoms with Gasteiger partial charge in [0, 0.05) is 28.8 Å². The molecule has 0 saturated carbocycles. The standard InChI is InChI=1S/C17H21BrN2/c1-3-19-11-15(14-6-4-5-13(2)9-14)10-17-8-7-16(18)12-20-17/h4-9,12,15,19H,3,10-11H2,1-2H3. The molecule has 0 radical (unpaired) electrons. The number of rotatable bonds is 6. The predicted molar refractivity (Wildman–Crippen MR) is 88.1 cm³/mol. The molecule has 1 heterocycles. The molecule has 0 amide bonds. The van der Waals surface area contributed by atoms with Crippen LogP contribution in [-0.4, -0.2) is 18.1 Å². The molecule has 1 aromatic heterocycles. The summed E-state index contributed by atoms with van der Waals surface area (Å²) in [7, 11) is 0. The normalized spacial score (nSPS) is 12.3. The highest BCUT2D eigenvalue weighted by Gasteiger charge is 2.13. The summed E-state index contributed by atoms with van der Waals surface area (Å²) < 4.78 is 1.03. The van der Waals surface area contributed by atoms with Gasteiger partial charge in [0.25, 0.3) is 0 Å². The van der Waals surface area contributed by atoms with Crippen molar-refractivity contribution in [2.75, 3.05) is 13.1 Å². The van der Waals surface area contributed by atoms with Gasteiger partial charge in [0.2, 0.25) is 0 Å². The smallest absolute Gasteiger partial charge is 0.0413 e. The van der Waals surface area contributed by atoms with Crippen LogP contribution in [0, 0.1) is 6.92 Å². The van der Waals surface area contributed by atoms with Crippen LogP contribution < -0.4 is 5.32 Å². The highest BCUT2D eigenvalue weighted by atomic mass is 79.9. The van der Waals surface area contributed by atoms with Gasteiger partial charge >= 0.3 is 0 Å². The summed E-state index contributed by atoms with van der Waals surface area (Å²) in [6.45, 7) is 6.27. The average Bonchev–Trinajstić information content (AvgIpc) is 2.45. The Morgan fingerprint density at radius 3 is 2.75 bits per heavy atom. The van der Waals surface area contributed by atoms with Gasteiger partial charge in [-0.25, -0.2) is 0 Å². The van der Waals surface area contributed by atoms with Crippen molar-refractivity contribution in [1.29, 1.82) is 0 Å². The van der Waals surface area contributed by atoms with Crippen LogP contribution in [0.25, 0.3) is 0 Å². The minimum atomic E-state index is 0.462. The van der Waals surface area contributed by atoms with E-state index in [1.165, 1.54) is 11.1 Å². The van der Waals surface area contributed by atoms with E-state index in [0.29, 0.717) is 5.92 Å². The summed E-state index contributed by atoms with van der Waals surface area (Å²) in [5, 5.41) is 3.46. The molecular formula is C17H21BrN2. The number of likely N-dealkylation sites (N-methyl/N-ethyl adjacent to an activating group) is 1. The topological polar surface area (TPSA) is 24.9 Å². The van der Waals surface area contributed by atoms with Crippen molar-refractivity contribution in [2.24, 2.45) is 0 Å². The maximum absolute atomic E-state index is 4.50. The molecule has 2 aromatic rings. The minimum Gasteiger partial charge on any atom is -0.316 e. The quantitative estimate of drug-likeness (QED) is 0.861. The molecule has 2 rings (SSSR count). The maximum Gasteiger partial charge on any atom is 0.0413 e. The first-order valence-corrected chi connectivity index (χ1v) is 7.86. The van der Waals surface area contributed by atoms with Crippen LogP contribution in [0.5, 0.6) is 0 Å². The van der Waals surface area contributed by atoms with Gasteiger partial charge in [0.05, 0.1) is 0 Å². The lowest BCUT2D eigenvalue weighted by Gasteiger charge is -2.18. The van der Waals surface area contributed by atoms with E-state index in [1.54, 1.807) is 0 Å². The van der Waals surface area contributed by atoms with Crippen LogP contribution >= 0.6 is 15.9 Å². The Morgan fingerprint density at radius 1 is 1.25 bits per heavy atom. The number of aryl methyl sites for hydroxylation is 1. The van der Waals surface area contributed by atoms with Crippen LogP contribution in [0.4, 0.5) is 0 Å². The van der Waals surface area contributed by atoms with Crippen LogP contribution in [0.3, 0.4) is 0 Å². The van der Waals surface area contributed by atoms with Gasteiger partial charge in [0.1, 0.15) is 0 Å². The zero-order chi connectivity index (χ0) is 14.4. The fourth-order valence-electron chi connectivity index (χ4n) is 2.33. The molecule has 106 valence electrons. The highest BCUT2D eigenvalue weighted by Crippen LogP contribution is 2.21. The first-order valence-electron chi connectivity index (χ1n) is 7.06. The summed E-state index contributed by atoms with van der Waals surface area (Å²) in [6, 6.07) is 12.9. The van der Waals surface area contributed by atoms with Gasteiger partial charge in [-0.2, -0.15) is 0 Å². The minimum absolute atomic E-state index is 0.462. The highest BCUT2D eigenvalue weighted by molar-refractivity contribution is 9.10. The SMILES string of the molecule is CCNCC(Cc1ccc(Br)cn1)c1cccc(C)c1. The van der Waals surface area contributed by atoms with Crippen molar-refractivity contribution >= 4 is 15.9 Å². The summed E-state index contributed by atoms with van der Waals surface area (Å²) in [4.78, 5) is 4.50. The number of aromatic nitrogens is 1. The second kappa shape index (κ2) is 7.55. The third kappa shape index (κ3) is 4.43. The molecule has 1 N–H and O–H groups in total. The zero-order valence-corrected chi connectivity index (χ0v) is 13.7. The molecule has 3 heteroatoms. The molecule has 0 spiro atoms. The lowest BCUT2D eigenvalue weighted by Crippen LogP contribution is -2.23. The van der Waals surface area contributed by atoms with Gasteiger partial charge in [-0.1, -0.05) is 36.8 Å². The first-order chi connectivity index (χ1) is 9.69. The zero-order valence-electron chi connectivity index (χ0n) is 12.1. The van der Waals surface area contributed by atoms with E-state index in [1.807, 2.05) is 6.20 Å². The van der Waals surface area contributed by atoms with Gasteiger partial charge in [-0.15, -0.1) is 0 Å². The molecule has 1 unspecified atom stereocenters. The van der Waals surface area contributed by atoms with Crippen molar-refractivity contribution in [2.45, 2.75) is 26.2 Å². The fourth-order valence-corrected chi connectivity index (χ4v) is 2.56. The molecule has 0 saturated heterocycles. The molecule has 2 nitrogen and oxygen atoms in total. The second-order valence-corrected chi connectivity index (χ2v) is 6.01. The van der Waals surface area contributed by atoms with Crippen LogP contribution in [0.1, 0.15) is 29.7 Å². The molecular weight excluding hydrogens is 312 g/mol. The molecule has 0 aliphatic carbocycles. The third-order valence-corrected chi connectivity index (χ3v) is 3.87. The van der Waals surface area contributed by atoms with Gasteiger partial charge in [0.15, 0.2) is 0 Å². The second-order valence-electron chi connectivity index (χ2n) is 5.09. The lowest BCUT2D eigenvalue weighted by atomic mass is 9.92. The van der Waals surface area contributed by atoms with E-state index in [9.17, 15) is 0 Å². The Morgan fingerprint density at radius 2 is 2.10 bits per heavy atom. The number of nitrogens with zero attached hydrogens (tertiary/aromatic N) is 1. The average molecular weight is 333 g/mol. The number of benzene rings is 1. The van der Waals surface area contributed by atoms with E-state index >= 15 is 0 Å². The number of nitrogens with one attached hydrogen (secondary N) is 1. The van der Waals surface area contributed by atoms with Crippen molar-refractivity contribution in [1.82, 2.24) is 10.3 Å². The van der Waals surface area contributed by atoms with E-state index in [0.717, 1.165) is 29.7 Å². The number of pyridine rings is 1. The predicted octanol–water partition coefficient (Wildman–Crippen LogP) is 4.09. The van der Waals surface area contributed by atoms with E-state index in [-0.39, 0.29) is 0 Å². The van der Waals surface area contributed by atoms with Crippen molar-refractivity contribution in [3.05, 3.63) is 63.9 Å². The number of hydrogen-bond acceptors (Lipinski definition) is 2. The Labute approximate surface area is 129 Å². The lowest BCUT2D eigenvalue weighted by molar-refractivity contribution is 0.589. The van der Waals surface area contributed by atoms with Crippen LogP contribution in [0.15, 0.2) is 47.1 Å². The molecule has 20 heavy (non-hydrogen) atoms. The Kier molecular flexibility index (Phi) is 5.74. The maximum atomic E-state index is 4.50. The first kappa shape index (κ1) is 15.2. The van der Waals surface area contributed by atoms with Crippen molar-refractivity contribution in [3.8, 4) is 0 Å². The largest absolute Gasteiger partial charge is 0.316 e. The van der Waals surface area contributed by atoms with Gasteiger partial charge < -0.3 is 5.32 Å². The third-order valence-electron chi connectivity index (χ3n) is 3.40. The molecule has 1 aromatic carbocycles. The van der Waals surface area contributed by atoms with Crippen LogP contribution in [-0.2, 0) is 6.42 Å². The summed E-state index contributed by atoms with van der Waals surface area (Å²) in [6.07, 6.45) is 2.83. The number of halogens is 1. The van der Waals surface area contributed by atoms with Crippen LogP contribution in [0.2, 0.25) is 0 Å². The monoisotopic (exact) mass is 332 g/mol. The van der Waals surface area contributed by atoms with Gasteiger partial charge in [-0.3, -0.25) is 4.98 Å². The Bertz CT molecular complexity index is 537. The molecule has 0 fully saturated rings. The molecule has 0 aliphatic rings. The molecule has 0 aliphatic heterocycles. The molecule has 0 bridgehead atoms. The summed E-state index contributed by atoms with van der Waals surface area (Å²) in [5.74, 6) is 0.462.